The van der Waals surface area contributed by atoms with Gasteiger partial charge in [0.05, 0.1) is 19.4 Å². The van der Waals surface area contributed by atoms with Gasteiger partial charge in [-0.2, -0.15) is 0 Å². The van der Waals surface area contributed by atoms with Crippen LogP contribution in [-0.4, -0.2) is 43.0 Å². The number of amides is 2. The maximum absolute atomic E-state index is 12.9. The van der Waals surface area contributed by atoms with Crippen molar-refractivity contribution >= 4 is 40.1 Å². The smallest absolute Gasteiger partial charge is 0.247 e. The first-order valence-electron chi connectivity index (χ1n) is 9.20. The summed E-state index contributed by atoms with van der Waals surface area (Å²) >= 11 is 1.25. The third-order valence-electron chi connectivity index (χ3n) is 4.29. The Morgan fingerprint density at radius 1 is 1.21 bits per heavy atom. The van der Waals surface area contributed by atoms with Crippen LogP contribution in [0.2, 0.25) is 0 Å². The first-order chi connectivity index (χ1) is 14.0. The lowest BCUT2D eigenvalue weighted by Gasteiger charge is -2.16. The van der Waals surface area contributed by atoms with E-state index in [1.807, 2.05) is 31.2 Å². The molecule has 1 saturated heterocycles. The fourth-order valence-electron chi connectivity index (χ4n) is 2.92. The molecule has 1 aliphatic heterocycles. The Kier molecular flexibility index (Phi) is 6.77. The average Bonchev–Trinajstić information content (AvgIpc) is 3.01. The molecule has 0 saturated carbocycles. The lowest BCUT2D eigenvalue weighted by molar-refractivity contribution is -0.121. The molecular weight excluding hydrogens is 390 g/mol. The molecule has 1 atom stereocenters. The second-order valence-electron chi connectivity index (χ2n) is 6.19. The van der Waals surface area contributed by atoms with Crippen molar-refractivity contribution in [1.82, 2.24) is 0 Å². The van der Waals surface area contributed by atoms with E-state index in [2.05, 4.69) is 10.3 Å². The highest BCUT2D eigenvalue weighted by molar-refractivity contribution is 8.15. The Bertz CT molecular complexity index is 914. The molecule has 0 aromatic heterocycles. The fraction of sp³-hybridized carbons (Fsp3) is 0.286. The Hall–Kier alpha value is -3.00. The predicted octanol–water partition coefficient (Wildman–Crippen LogP) is 3.56. The van der Waals surface area contributed by atoms with Crippen molar-refractivity contribution in [3.05, 3.63) is 48.5 Å². The molecule has 1 unspecified atom stereocenters. The number of ether oxygens (including phenoxy) is 2. The molecule has 0 aliphatic carbocycles. The molecule has 0 bridgehead atoms. The molecule has 2 aromatic rings. The monoisotopic (exact) mass is 413 g/mol. The SMILES string of the molecule is CCOc1cccc(N2C(=O)CC(SC(=NC)Nc3ccc(OC)cc3)C2=O)c1. The standard InChI is InChI=1S/C21H23N3O4S/c1-4-28-17-7-5-6-15(12-17)24-19(25)13-18(20(24)26)29-21(22-2)23-14-8-10-16(27-3)11-9-14/h5-12,18H,4,13H2,1-3H3,(H,22,23). The van der Waals surface area contributed by atoms with E-state index in [0.717, 1.165) is 11.4 Å². The number of carbonyl (C=O) groups excluding carboxylic acids is 2. The van der Waals surface area contributed by atoms with E-state index in [9.17, 15) is 9.59 Å². The van der Waals surface area contributed by atoms with E-state index in [-0.39, 0.29) is 18.2 Å². The Morgan fingerprint density at radius 3 is 2.62 bits per heavy atom. The van der Waals surface area contributed by atoms with Crippen molar-refractivity contribution in [2.24, 2.45) is 4.99 Å². The minimum absolute atomic E-state index is 0.117. The van der Waals surface area contributed by atoms with Crippen LogP contribution in [-0.2, 0) is 9.59 Å². The second-order valence-corrected chi connectivity index (χ2v) is 7.38. The molecule has 1 fully saturated rings. The first-order valence-corrected chi connectivity index (χ1v) is 10.1. The number of thioether (sulfide) groups is 1. The van der Waals surface area contributed by atoms with Gasteiger partial charge in [-0.3, -0.25) is 14.6 Å². The predicted molar refractivity (Wildman–Crippen MR) is 116 cm³/mol. The second kappa shape index (κ2) is 9.47. The highest BCUT2D eigenvalue weighted by atomic mass is 32.2. The normalized spacial score (nSPS) is 16.9. The van der Waals surface area contributed by atoms with E-state index in [4.69, 9.17) is 9.47 Å². The third kappa shape index (κ3) is 4.89. The molecule has 3 rings (SSSR count). The average molecular weight is 413 g/mol. The summed E-state index contributed by atoms with van der Waals surface area (Å²) < 4.78 is 10.6. The summed E-state index contributed by atoms with van der Waals surface area (Å²) in [6.45, 7) is 2.39. The zero-order valence-electron chi connectivity index (χ0n) is 16.5. The molecule has 8 heteroatoms. The largest absolute Gasteiger partial charge is 0.497 e. The Labute approximate surface area is 174 Å². The number of nitrogens with one attached hydrogen (secondary N) is 1. The van der Waals surface area contributed by atoms with Crippen LogP contribution in [0, 0.1) is 0 Å². The van der Waals surface area contributed by atoms with E-state index in [1.165, 1.54) is 16.7 Å². The number of rotatable bonds is 6. The molecule has 7 nitrogen and oxygen atoms in total. The maximum Gasteiger partial charge on any atom is 0.247 e. The van der Waals surface area contributed by atoms with Crippen molar-refractivity contribution in [2.45, 2.75) is 18.6 Å². The van der Waals surface area contributed by atoms with Crippen LogP contribution in [0.3, 0.4) is 0 Å². The molecule has 1 N–H and O–H groups in total. The van der Waals surface area contributed by atoms with Crippen molar-refractivity contribution in [3.8, 4) is 11.5 Å². The van der Waals surface area contributed by atoms with Gasteiger partial charge >= 0.3 is 0 Å². The minimum atomic E-state index is -0.539. The van der Waals surface area contributed by atoms with Crippen molar-refractivity contribution in [2.75, 3.05) is 31.0 Å². The Balaban J connectivity index is 1.70. The zero-order chi connectivity index (χ0) is 20.8. The van der Waals surface area contributed by atoms with Gasteiger partial charge in [-0.05, 0) is 43.3 Å². The molecule has 1 aliphatic rings. The van der Waals surface area contributed by atoms with Gasteiger partial charge in [0.15, 0.2) is 5.17 Å². The van der Waals surface area contributed by atoms with Crippen LogP contribution >= 0.6 is 11.8 Å². The Morgan fingerprint density at radius 2 is 1.97 bits per heavy atom. The number of nitrogens with zero attached hydrogens (tertiary/aromatic N) is 2. The van der Waals surface area contributed by atoms with Gasteiger partial charge < -0.3 is 14.8 Å². The van der Waals surface area contributed by atoms with E-state index in [1.54, 1.807) is 38.4 Å². The molecule has 0 radical (unpaired) electrons. The van der Waals surface area contributed by atoms with Crippen LogP contribution in [0.15, 0.2) is 53.5 Å². The molecule has 29 heavy (non-hydrogen) atoms. The van der Waals surface area contributed by atoms with Gasteiger partial charge in [-0.15, -0.1) is 0 Å². The molecular formula is C21H23N3O4S. The molecule has 0 spiro atoms. The summed E-state index contributed by atoms with van der Waals surface area (Å²) in [6.07, 6.45) is 0.117. The van der Waals surface area contributed by atoms with Gasteiger partial charge in [0.1, 0.15) is 16.7 Å². The minimum Gasteiger partial charge on any atom is -0.497 e. The molecule has 2 amide bonds. The van der Waals surface area contributed by atoms with E-state index < -0.39 is 5.25 Å². The van der Waals surface area contributed by atoms with Crippen molar-refractivity contribution in [3.63, 3.8) is 0 Å². The zero-order valence-corrected chi connectivity index (χ0v) is 17.4. The quantitative estimate of drug-likeness (QED) is 0.443. The third-order valence-corrected chi connectivity index (χ3v) is 5.45. The number of imide groups is 1. The van der Waals surface area contributed by atoms with Crippen LogP contribution in [0.25, 0.3) is 0 Å². The van der Waals surface area contributed by atoms with Crippen LogP contribution in [0.5, 0.6) is 11.5 Å². The number of anilines is 2. The summed E-state index contributed by atoms with van der Waals surface area (Å²) in [4.78, 5) is 30.9. The number of hydrogen-bond acceptors (Lipinski definition) is 6. The topological polar surface area (TPSA) is 80.2 Å². The number of methoxy groups -OCH3 is 1. The van der Waals surface area contributed by atoms with Crippen LogP contribution < -0.4 is 19.7 Å². The maximum atomic E-state index is 12.9. The summed E-state index contributed by atoms with van der Waals surface area (Å²) in [6, 6.07) is 14.4. The number of carbonyl (C=O) groups is 2. The number of benzene rings is 2. The highest BCUT2D eigenvalue weighted by Gasteiger charge is 2.40. The molecule has 1 heterocycles. The lowest BCUT2D eigenvalue weighted by Crippen LogP contribution is -2.31. The van der Waals surface area contributed by atoms with Gasteiger partial charge in [0, 0.05) is 25.2 Å². The van der Waals surface area contributed by atoms with Crippen molar-refractivity contribution in [1.29, 1.82) is 0 Å². The summed E-state index contributed by atoms with van der Waals surface area (Å²) in [7, 11) is 3.25. The van der Waals surface area contributed by atoms with Crippen LogP contribution in [0.1, 0.15) is 13.3 Å². The number of hydrogen-bond donors (Lipinski definition) is 1. The van der Waals surface area contributed by atoms with Gasteiger partial charge in [0.25, 0.3) is 0 Å². The lowest BCUT2D eigenvalue weighted by atomic mass is 10.3. The van der Waals surface area contributed by atoms with Crippen molar-refractivity contribution < 1.29 is 19.1 Å². The number of amidine groups is 1. The summed E-state index contributed by atoms with van der Waals surface area (Å²) in [5.74, 6) is 0.880. The van der Waals surface area contributed by atoms with Gasteiger partial charge in [0.2, 0.25) is 11.8 Å². The van der Waals surface area contributed by atoms with Gasteiger partial charge in [-0.25, -0.2) is 4.90 Å². The highest BCUT2D eigenvalue weighted by Crippen LogP contribution is 2.32. The van der Waals surface area contributed by atoms with E-state index >= 15 is 0 Å². The fourth-order valence-corrected chi connectivity index (χ4v) is 3.90. The molecule has 152 valence electrons. The van der Waals surface area contributed by atoms with E-state index in [0.29, 0.717) is 23.2 Å². The summed E-state index contributed by atoms with van der Waals surface area (Å²) in [5, 5.41) is 3.20. The number of aliphatic imine (C=N–C) groups is 1. The molecule has 2 aromatic carbocycles. The summed E-state index contributed by atoms with van der Waals surface area (Å²) in [5.41, 5.74) is 1.34. The van der Waals surface area contributed by atoms with Crippen LogP contribution in [0.4, 0.5) is 11.4 Å². The van der Waals surface area contributed by atoms with Gasteiger partial charge in [-0.1, -0.05) is 17.8 Å². The first kappa shape index (κ1) is 20.7.